The lowest BCUT2D eigenvalue weighted by Crippen LogP contribution is -2.60. The highest BCUT2D eigenvalue weighted by Gasteiger charge is 2.38. The van der Waals surface area contributed by atoms with E-state index >= 15 is 0 Å². The first kappa shape index (κ1) is 16.9. The minimum atomic E-state index is -1.02. The average Bonchev–Trinajstić information content (AvgIpc) is 2.41. The summed E-state index contributed by atoms with van der Waals surface area (Å²) in [6, 6.07) is -0.0955. The molecule has 19 heavy (non-hydrogen) atoms. The van der Waals surface area contributed by atoms with Crippen molar-refractivity contribution in [2.75, 3.05) is 26.3 Å². The van der Waals surface area contributed by atoms with Gasteiger partial charge in [0.1, 0.15) is 6.10 Å². The molecule has 0 aliphatic carbocycles. The van der Waals surface area contributed by atoms with Crippen LogP contribution in [0.25, 0.3) is 0 Å². The van der Waals surface area contributed by atoms with E-state index in [9.17, 15) is 15.3 Å². The molecule has 0 aromatic heterocycles. The van der Waals surface area contributed by atoms with Gasteiger partial charge < -0.3 is 20.1 Å². The number of piperidine rings is 1. The maximum Gasteiger partial charge on any atom is 0.108 e. The Morgan fingerprint density at radius 3 is 2.42 bits per heavy atom. The maximum atomic E-state index is 9.82. The molecule has 1 aliphatic heterocycles. The molecule has 1 rings (SSSR count). The number of ether oxygens (including phenoxy) is 1. The number of hydrogen-bond donors (Lipinski definition) is 3. The van der Waals surface area contributed by atoms with Gasteiger partial charge in [0.05, 0.1) is 12.2 Å². The zero-order chi connectivity index (χ0) is 14.3. The molecule has 5 heteroatoms. The summed E-state index contributed by atoms with van der Waals surface area (Å²) in [7, 11) is 0. The summed E-state index contributed by atoms with van der Waals surface area (Å²) in [5, 5.41) is 29.1. The number of hydrogen-bond acceptors (Lipinski definition) is 5. The van der Waals surface area contributed by atoms with Crippen LogP contribution in [-0.2, 0) is 4.74 Å². The van der Waals surface area contributed by atoms with E-state index in [1.54, 1.807) is 0 Å². The predicted molar refractivity (Wildman–Crippen MR) is 74.0 cm³/mol. The Labute approximate surface area is 116 Å². The molecule has 3 N–H and O–H groups in total. The summed E-state index contributed by atoms with van der Waals surface area (Å²) in [5.74, 6) is 0. The second-order valence-electron chi connectivity index (χ2n) is 5.40. The van der Waals surface area contributed by atoms with E-state index in [-0.39, 0.29) is 6.04 Å². The van der Waals surface area contributed by atoms with E-state index in [4.69, 9.17) is 4.74 Å². The molecule has 0 amide bonds. The summed E-state index contributed by atoms with van der Waals surface area (Å²) >= 11 is 0. The largest absolute Gasteiger partial charge is 0.389 e. The zero-order valence-electron chi connectivity index (χ0n) is 12.2. The summed E-state index contributed by atoms with van der Waals surface area (Å²) in [5.41, 5.74) is 0. The Balaban J connectivity index is 2.15. The van der Waals surface area contributed by atoms with Crippen LogP contribution in [0, 0.1) is 0 Å². The third-order valence-corrected chi connectivity index (χ3v) is 3.92. The van der Waals surface area contributed by atoms with Gasteiger partial charge in [0.25, 0.3) is 0 Å². The second-order valence-corrected chi connectivity index (χ2v) is 5.40. The van der Waals surface area contributed by atoms with Crippen LogP contribution >= 0.6 is 0 Å². The fourth-order valence-corrected chi connectivity index (χ4v) is 2.56. The Hall–Kier alpha value is -0.200. The molecule has 5 nitrogen and oxygen atoms in total. The second kappa shape index (κ2) is 8.87. The van der Waals surface area contributed by atoms with Gasteiger partial charge in [0.2, 0.25) is 0 Å². The van der Waals surface area contributed by atoms with E-state index in [1.165, 1.54) is 0 Å². The molecule has 1 saturated heterocycles. The normalized spacial score (nSPS) is 32.7. The molecule has 3 unspecified atom stereocenters. The monoisotopic (exact) mass is 275 g/mol. The summed E-state index contributed by atoms with van der Waals surface area (Å²) in [6.07, 6.45) is 1.70. The van der Waals surface area contributed by atoms with Crippen LogP contribution < -0.4 is 0 Å². The van der Waals surface area contributed by atoms with E-state index in [0.29, 0.717) is 6.54 Å². The van der Waals surface area contributed by atoms with Crippen LogP contribution in [-0.4, -0.2) is 70.9 Å². The van der Waals surface area contributed by atoms with Crippen molar-refractivity contribution < 1.29 is 20.1 Å². The molecule has 0 radical (unpaired) electrons. The number of likely N-dealkylation sites (tertiary alicyclic amines) is 1. The van der Waals surface area contributed by atoms with Gasteiger partial charge in [-0.25, -0.2) is 0 Å². The zero-order valence-corrected chi connectivity index (χ0v) is 12.2. The Morgan fingerprint density at radius 1 is 1.05 bits per heavy atom. The number of nitrogens with zero attached hydrogens (tertiary/aromatic N) is 1. The number of unbranched alkanes of at least 4 members (excludes halogenated alkanes) is 3. The van der Waals surface area contributed by atoms with Crippen molar-refractivity contribution in [1.82, 2.24) is 4.90 Å². The van der Waals surface area contributed by atoms with Crippen LogP contribution in [0.2, 0.25) is 0 Å². The highest BCUT2D eigenvalue weighted by molar-refractivity contribution is 4.91. The van der Waals surface area contributed by atoms with Crippen molar-refractivity contribution in [3.8, 4) is 0 Å². The molecule has 0 saturated carbocycles. The highest BCUT2D eigenvalue weighted by Crippen LogP contribution is 2.19. The maximum absolute atomic E-state index is 9.82. The van der Waals surface area contributed by atoms with Crippen molar-refractivity contribution >= 4 is 0 Å². The van der Waals surface area contributed by atoms with E-state index in [0.717, 1.165) is 45.4 Å². The molecule has 1 aliphatic rings. The predicted octanol–water partition coefficient (Wildman–Crippen LogP) is 0.370. The van der Waals surface area contributed by atoms with Gasteiger partial charge >= 0.3 is 0 Å². The number of aliphatic hydroxyl groups excluding tert-OH is 3. The van der Waals surface area contributed by atoms with Crippen molar-refractivity contribution in [2.24, 2.45) is 0 Å². The third-order valence-electron chi connectivity index (χ3n) is 3.92. The molecular formula is C14H29NO4. The quantitative estimate of drug-likeness (QED) is 0.558. The standard InChI is InChI=1S/C14H29NO4/c1-3-19-9-7-5-4-6-8-15-10-12(16)14(18)13(17)11(15)2/h11-14,16-18H,3-10H2,1-2H3/t11?,12-,13?,14?/m0/s1. The van der Waals surface area contributed by atoms with Gasteiger partial charge in [-0.3, -0.25) is 4.90 Å². The summed E-state index contributed by atoms with van der Waals surface area (Å²) in [4.78, 5) is 2.06. The number of rotatable bonds is 8. The minimum absolute atomic E-state index is 0.0955. The van der Waals surface area contributed by atoms with Crippen LogP contribution in [0.1, 0.15) is 39.5 Å². The first-order valence-corrected chi connectivity index (χ1v) is 7.44. The molecule has 0 spiro atoms. The van der Waals surface area contributed by atoms with Crippen LogP contribution in [0.4, 0.5) is 0 Å². The number of aliphatic hydroxyl groups is 3. The summed E-state index contributed by atoms with van der Waals surface area (Å²) < 4.78 is 5.28. The Morgan fingerprint density at radius 2 is 1.74 bits per heavy atom. The van der Waals surface area contributed by atoms with Crippen LogP contribution in [0.3, 0.4) is 0 Å². The van der Waals surface area contributed by atoms with Crippen molar-refractivity contribution in [1.29, 1.82) is 0 Å². The molecule has 1 fully saturated rings. The van der Waals surface area contributed by atoms with Gasteiger partial charge in [-0.2, -0.15) is 0 Å². The molecule has 4 atom stereocenters. The molecular weight excluding hydrogens is 246 g/mol. The Bertz CT molecular complexity index is 239. The van der Waals surface area contributed by atoms with Crippen molar-refractivity contribution in [2.45, 2.75) is 63.9 Å². The third kappa shape index (κ3) is 5.36. The fourth-order valence-electron chi connectivity index (χ4n) is 2.56. The van der Waals surface area contributed by atoms with E-state index < -0.39 is 18.3 Å². The first-order valence-electron chi connectivity index (χ1n) is 7.44. The highest BCUT2D eigenvalue weighted by atomic mass is 16.5. The molecule has 0 aromatic rings. The fraction of sp³-hybridized carbons (Fsp3) is 1.00. The van der Waals surface area contributed by atoms with Crippen molar-refractivity contribution in [3.63, 3.8) is 0 Å². The van der Waals surface area contributed by atoms with Crippen molar-refractivity contribution in [3.05, 3.63) is 0 Å². The minimum Gasteiger partial charge on any atom is -0.389 e. The van der Waals surface area contributed by atoms with E-state index in [2.05, 4.69) is 4.90 Å². The van der Waals surface area contributed by atoms with E-state index in [1.807, 2.05) is 13.8 Å². The molecule has 0 aromatic carbocycles. The smallest absolute Gasteiger partial charge is 0.108 e. The SMILES string of the molecule is CCOCCCCCCN1C[C@H](O)C(O)C(O)C1C. The Kier molecular flexibility index (Phi) is 7.87. The topological polar surface area (TPSA) is 73.2 Å². The van der Waals surface area contributed by atoms with Crippen LogP contribution in [0.5, 0.6) is 0 Å². The van der Waals surface area contributed by atoms with Gasteiger partial charge in [-0.05, 0) is 33.2 Å². The van der Waals surface area contributed by atoms with Gasteiger partial charge in [0, 0.05) is 25.8 Å². The number of β-amino-alcohol motifs (C(OH)–C–C–N with tert-alkyl or cyclic N) is 1. The van der Waals surface area contributed by atoms with Gasteiger partial charge in [0.15, 0.2) is 0 Å². The van der Waals surface area contributed by atoms with Gasteiger partial charge in [-0.15, -0.1) is 0 Å². The van der Waals surface area contributed by atoms with Crippen LogP contribution in [0.15, 0.2) is 0 Å². The lowest BCUT2D eigenvalue weighted by atomic mass is 9.94. The molecule has 114 valence electrons. The average molecular weight is 275 g/mol. The van der Waals surface area contributed by atoms with Gasteiger partial charge in [-0.1, -0.05) is 12.8 Å². The molecule has 1 heterocycles. The lowest BCUT2D eigenvalue weighted by Gasteiger charge is -2.42. The first-order chi connectivity index (χ1) is 9.07. The lowest BCUT2D eigenvalue weighted by molar-refractivity contribution is -0.133. The summed E-state index contributed by atoms with van der Waals surface area (Å²) in [6.45, 7) is 6.82. The molecule has 0 bridgehead atoms.